The van der Waals surface area contributed by atoms with Gasteiger partial charge >= 0.3 is 0 Å². The van der Waals surface area contributed by atoms with E-state index in [1.807, 2.05) is 24.8 Å². The molecule has 1 aromatic carbocycles. The number of anilines is 1. The summed E-state index contributed by atoms with van der Waals surface area (Å²) >= 11 is 7.23. The molecule has 1 N–H and O–H groups in total. The van der Waals surface area contributed by atoms with Crippen molar-refractivity contribution in [3.63, 3.8) is 0 Å². The van der Waals surface area contributed by atoms with Gasteiger partial charge in [-0.15, -0.1) is 0 Å². The summed E-state index contributed by atoms with van der Waals surface area (Å²) < 4.78 is 7.74. The quantitative estimate of drug-likeness (QED) is 0.448. The topological polar surface area (TPSA) is 54.5 Å². The molecule has 0 aliphatic carbocycles. The van der Waals surface area contributed by atoms with E-state index >= 15 is 0 Å². The van der Waals surface area contributed by atoms with Crippen LogP contribution < -0.4 is 15.0 Å². The lowest BCUT2D eigenvalue weighted by Crippen LogP contribution is -2.40. The van der Waals surface area contributed by atoms with Crippen molar-refractivity contribution in [2.45, 2.75) is 39.5 Å². The lowest BCUT2D eigenvalue weighted by Gasteiger charge is -2.31. The van der Waals surface area contributed by atoms with E-state index < -0.39 is 0 Å². The van der Waals surface area contributed by atoms with Gasteiger partial charge in [-0.2, -0.15) is 11.8 Å². The van der Waals surface area contributed by atoms with Crippen LogP contribution in [0.3, 0.4) is 0 Å². The van der Waals surface area contributed by atoms with Crippen LogP contribution in [0.5, 0.6) is 5.75 Å². The number of aromatic nitrogens is 1. The fourth-order valence-corrected chi connectivity index (χ4v) is 5.74. The molecule has 29 heavy (non-hydrogen) atoms. The molecule has 1 aliphatic rings. The summed E-state index contributed by atoms with van der Waals surface area (Å²) in [6, 6.07) is 4.09. The second-order valence-electron chi connectivity index (χ2n) is 7.20. The van der Waals surface area contributed by atoms with Crippen molar-refractivity contribution in [3.8, 4) is 5.75 Å². The van der Waals surface area contributed by atoms with Crippen molar-refractivity contribution in [3.05, 3.63) is 16.6 Å². The summed E-state index contributed by atoms with van der Waals surface area (Å²) in [5, 5.41) is 4.16. The first-order valence-corrected chi connectivity index (χ1v) is 13.2. The Morgan fingerprint density at radius 3 is 2.86 bits per heavy atom. The summed E-state index contributed by atoms with van der Waals surface area (Å²) in [4.78, 5) is 19.6. The van der Waals surface area contributed by atoms with E-state index in [1.54, 1.807) is 11.3 Å². The van der Waals surface area contributed by atoms with Crippen LogP contribution in [0, 0.1) is 5.92 Å². The third-order valence-corrected chi connectivity index (χ3v) is 7.95. The van der Waals surface area contributed by atoms with E-state index in [4.69, 9.17) is 9.72 Å². The Morgan fingerprint density at radius 1 is 1.34 bits per heavy atom. The number of halogens is 1. The van der Waals surface area contributed by atoms with Crippen LogP contribution >= 0.6 is 39.0 Å². The number of nitrogens with one attached hydrogen (secondary N) is 1. The molecule has 1 saturated heterocycles. The number of carbonyl (C=O) groups is 1. The van der Waals surface area contributed by atoms with Crippen molar-refractivity contribution >= 4 is 60.3 Å². The van der Waals surface area contributed by atoms with Crippen LogP contribution in [-0.2, 0) is 4.79 Å². The highest BCUT2D eigenvalue weighted by Gasteiger charge is 2.26. The second-order valence-corrected chi connectivity index (χ2v) is 10.3. The molecule has 1 aromatic heterocycles. The van der Waals surface area contributed by atoms with Gasteiger partial charge in [0.05, 0.1) is 21.3 Å². The van der Waals surface area contributed by atoms with E-state index in [0.29, 0.717) is 6.61 Å². The van der Waals surface area contributed by atoms with Gasteiger partial charge < -0.3 is 15.0 Å². The number of hydrogen-bond donors (Lipinski definition) is 1. The molecule has 2 heterocycles. The molecule has 0 atom stereocenters. The standard InChI is InChI=1S/C21H30BrN3O2S2/c1-3-11-28-12-5-8-23-20(26)15-6-9-25(10-7-15)21-24-17-13-16(22)18(27-4-2)14-19(17)29-21/h13-15H,3-12H2,1-2H3,(H,23,26). The van der Waals surface area contributed by atoms with Crippen molar-refractivity contribution < 1.29 is 9.53 Å². The first-order chi connectivity index (χ1) is 14.1. The van der Waals surface area contributed by atoms with Crippen LogP contribution in [0.4, 0.5) is 5.13 Å². The highest BCUT2D eigenvalue weighted by Crippen LogP contribution is 2.37. The number of thiazole rings is 1. The molecular formula is C21H30BrN3O2S2. The van der Waals surface area contributed by atoms with Crippen LogP contribution in [0.2, 0.25) is 0 Å². The number of amides is 1. The summed E-state index contributed by atoms with van der Waals surface area (Å²) in [6.07, 6.45) is 4.05. The van der Waals surface area contributed by atoms with Crippen LogP contribution in [-0.4, -0.2) is 48.6 Å². The molecule has 0 bridgehead atoms. The summed E-state index contributed by atoms with van der Waals surface area (Å²) in [7, 11) is 0. The SMILES string of the molecule is CCCSCCCNC(=O)C1CCN(c2nc3cc(Br)c(OCC)cc3s2)CC1. The first-order valence-electron chi connectivity index (χ1n) is 10.5. The predicted molar refractivity (Wildman–Crippen MR) is 129 cm³/mol. The maximum Gasteiger partial charge on any atom is 0.223 e. The normalized spacial score (nSPS) is 15.1. The Balaban J connectivity index is 1.49. The Kier molecular flexibility index (Phi) is 8.93. The van der Waals surface area contributed by atoms with E-state index in [-0.39, 0.29) is 11.8 Å². The zero-order valence-corrected chi connectivity index (χ0v) is 20.4. The minimum absolute atomic E-state index is 0.127. The smallest absolute Gasteiger partial charge is 0.223 e. The molecule has 5 nitrogen and oxygen atoms in total. The lowest BCUT2D eigenvalue weighted by atomic mass is 9.96. The fourth-order valence-electron chi connectivity index (χ4n) is 3.43. The summed E-state index contributed by atoms with van der Waals surface area (Å²) in [6.45, 7) is 7.38. The Hall–Kier alpha value is -0.990. The van der Waals surface area contributed by atoms with E-state index in [9.17, 15) is 4.79 Å². The van der Waals surface area contributed by atoms with E-state index in [2.05, 4.69) is 39.1 Å². The number of thioether (sulfide) groups is 1. The van der Waals surface area contributed by atoms with Gasteiger partial charge in [-0.05, 0) is 66.1 Å². The van der Waals surface area contributed by atoms with Gasteiger partial charge in [-0.1, -0.05) is 18.3 Å². The maximum atomic E-state index is 12.4. The highest BCUT2D eigenvalue weighted by molar-refractivity contribution is 9.10. The zero-order chi connectivity index (χ0) is 20.6. The Labute approximate surface area is 190 Å². The fraction of sp³-hybridized carbons (Fsp3) is 0.619. The van der Waals surface area contributed by atoms with Crippen LogP contribution in [0.15, 0.2) is 16.6 Å². The molecule has 2 aromatic rings. The molecule has 1 aliphatic heterocycles. The number of piperidine rings is 1. The second kappa shape index (κ2) is 11.4. The van der Waals surface area contributed by atoms with Crippen LogP contribution in [0.1, 0.15) is 39.5 Å². The Morgan fingerprint density at radius 2 is 2.14 bits per heavy atom. The molecule has 0 saturated carbocycles. The number of carbonyl (C=O) groups excluding carboxylic acids is 1. The van der Waals surface area contributed by atoms with Gasteiger partial charge in [-0.3, -0.25) is 4.79 Å². The van der Waals surface area contributed by atoms with Crippen molar-refractivity contribution in [2.75, 3.05) is 42.6 Å². The van der Waals surface area contributed by atoms with Gasteiger partial charge in [0.15, 0.2) is 5.13 Å². The molecule has 0 radical (unpaired) electrons. The Bertz CT molecular complexity index is 807. The minimum atomic E-state index is 0.127. The number of benzene rings is 1. The molecule has 1 amide bonds. The van der Waals surface area contributed by atoms with Gasteiger partial charge in [0, 0.05) is 31.6 Å². The molecule has 1 fully saturated rings. The number of hydrogen-bond acceptors (Lipinski definition) is 6. The lowest BCUT2D eigenvalue weighted by molar-refractivity contribution is -0.125. The molecule has 0 spiro atoms. The van der Waals surface area contributed by atoms with Crippen molar-refractivity contribution in [1.82, 2.24) is 10.3 Å². The molecule has 8 heteroatoms. The van der Waals surface area contributed by atoms with Gasteiger partial charge in [0.1, 0.15) is 5.75 Å². The highest BCUT2D eigenvalue weighted by atomic mass is 79.9. The largest absolute Gasteiger partial charge is 0.493 e. The molecule has 160 valence electrons. The van der Waals surface area contributed by atoms with E-state index in [0.717, 1.165) is 70.2 Å². The first kappa shape index (κ1) is 22.7. The average Bonchev–Trinajstić information content (AvgIpc) is 3.13. The number of rotatable bonds is 10. The van der Waals surface area contributed by atoms with Crippen molar-refractivity contribution in [2.24, 2.45) is 5.92 Å². The number of ether oxygens (including phenoxy) is 1. The van der Waals surface area contributed by atoms with Gasteiger partial charge in [0.25, 0.3) is 0 Å². The van der Waals surface area contributed by atoms with Gasteiger partial charge in [-0.25, -0.2) is 4.98 Å². The molecule has 0 unspecified atom stereocenters. The zero-order valence-electron chi connectivity index (χ0n) is 17.2. The molecule has 3 rings (SSSR count). The molecular weight excluding hydrogens is 470 g/mol. The summed E-state index contributed by atoms with van der Waals surface area (Å²) in [5.74, 6) is 3.55. The van der Waals surface area contributed by atoms with E-state index in [1.165, 1.54) is 12.2 Å². The monoisotopic (exact) mass is 499 g/mol. The predicted octanol–water partition coefficient (Wildman–Crippen LogP) is 5.32. The maximum absolute atomic E-state index is 12.4. The third kappa shape index (κ3) is 6.25. The average molecular weight is 501 g/mol. The minimum Gasteiger partial charge on any atom is -0.493 e. The third-order valence-electron chi connectivity index (χ3n) is 4.98. The van der Waals surface area contributed by atoms with Gasteiger partial charge in [0.2, 0.25) is 5.91 Å². The van der Waals surface area contributed by atoms with Crippen LogP contribution in [0.25, 0.3) is 10.2 Å². The summed E-state index contributed by atoms with van der Waals surface area (Å²) in [5.41, 5.74) is 0.987. The number of fused-ring (bicyclic) bond motifs is 1. The number of nitrogens with zero attached hydrogens (tertiary/aromatic N) is 2. The van der Waals surface area contributed by atoms with Crippen molar-refractivity contribution in [1.29, 1.82) is 0 Å².